The van der Waals surface area contributed by atoms with Crippen LogP contribution in [0, 0.1) is 5.41 Å². The molecule has 2 aliphatic rings. The Morgan fingerprint density at radius 2 is 2.07 bits per heavy atom. The van der Waals surface area contributed by atoms with Gasteiger partial charge in [-0.05, 0) is 72.3 Å². The lowest BCUT2D eigenvalue weighted by molar-refractivity contribution is 0.0778. The number of fused-ring (bicyclic) bond motifs is 1. The Bertz CT molecular complexity index is 891. The van der Waals surface area contributed by atoms with E-state index in [4.69, 9.17) is 5.73 Å². The third-order valence-corrected chi connectivity index (χ3v) is 6.65. The number of amides is 2. The minimum atomic E-state index is -0.158. The fraction of sp³-hybridized carbons (Fsp3) is 0.429. The third-order valence-electron chi connectivity index (χ3n) is 5.82. The van der Waals surface area contributed by atoms with Gasteiger partial charge in [0.05, 0.1) is 5.56 Å². The van der Waals surface area contributed by atoms with Crippen LogP contribution in [0.25, 0.3) is 0 Å². The lowest BCUT2D eigenvalue weighted by Gasteiger charge is -2.22. The number of aryl methyl sites for hydroxylation is 2. The SMILES string of the molecule is CC1(CN)CCN(C(=O)c2ccsc2NC(=O)c2ccc3c(c2)CCC3)C1. The first-order valence-corrected chi connectivity index (χ1v) is 10.4. The summed E-state index contributed by atoms with van der Waals surface area (Å²) in [7, 11) is 0. The molecule has 0 saturated carbocycles. The van der Waals surface area contributed by atoms with E-state index in [-0.39, 0.29) is 17.2 Å². The summed E-state index contributed by atoms with van der Waals surface area (Å²) in [5.41, 5.74) is 9.67. The van der Waals surface area contributed by atoms with Crippen molar-refractivity contribution in [1.82, 2.24) is 4.90 Å². The highest BCUT2D eigenvalue weighted by molar-refractivity contribution is 7.14. The molecule has 2 aromatic rings. The summed E-state index contributed by atoms with van der Waals surface area (Å²) in [4.78, 5) is 27.5. The fourth-order valence-corrected chi connectivity index (χ4v) is 4.77. The molecule has 5 nitrogen and oxygen atoms in total. The molecule has 1 fully saturated rings. The van der Waals surface area contributed by atoms with Crippen molar-refractivity contribution in [3.63, 3.8) is 0 Å². The highest BCUT2D eigenvalue weighted by Crippen LogP contribution is 2.32. The first-order chi connectivity index (χ1) is 13.0. The molecular weight excluding hydrogens is 358 g/mol. The van der Waals surface area contributed by atoms with Gasteiger partial charge >= 0.3 is 0 Å². The lowest BCUT2D eigenvalue weighted by Crippen LogP contribution is -2.34. The number of hydrogen-bond acceptors (Lipinski definition) is 4. The predicted octanol–water partition coefficient (Wildman–Crippen LogP) is 3.30. The monoisotopic (exact) mass is 383 g/mol. The van der Waals surface area contributed by atoms with Crippen molar-refractivity contribution in [2.75, 3.05) is 25.0 Å². The van der Waals surface area contributed by atoms with Crippen molar-refractivity contribution in [2.24, 2.45) is 11.1 Å². The number of carbonyl (C=O) groups is 2. The lowest BCUT2D eigenvalue weighted by atomic mass is 9.90. The van der Waals surface area contributed by atoms with Gasteiger partial charge in [-0.2, -0.15) is 0 Å². The number of carbonyl (C=O) groups excluding carboxylic acids is 2. The number of hydrogen-bond donors (Lipinski definition) is 2. The zero-order valence-corrected chi connectivity index (χ0v) is 16.4. The summed E-state index contributed by atoms with van der Waals surface area (Å²) in [6.07, 6.45) is 4.20. The maximum Gasteiger partial charge on any atom is 0.256 e. The van der Waals surface area contributed by atoms with Gasteiger partial charge in [0.2, 0.25) is 0 Å². The van der Waals surface area contributed by atoms with E-state index in [9.17, 15) is 9.59 Å². The summed E-state index contributed by atoms with van der Waals surface area (Å²) < 4.78 is 0. The van der Waals surface area contributed by atoms with Crippen LogP contribution in [0.1, 0.15) is 51.6 Å². The second-order valence-corrected chi connectivity index (χ2v) is 8.86. The molecule has 6 heteroatoms. The van der Waals surface area contributed by atoms with Crippen LogP contribution in [0.4, 0.5) is 5.00 Å². The van der Waals surface area contributed by atoms with Crippen molar-refractivity contribution in [3.05, 3.63) is 51.9 Å². The average Bonchev–Trinajstić information content (AvgIpc) is 3.40. The first-order valence-electron chi connectivity index (χ1n) is 9.49. The Labute approximate surface area is 163 Å². The number of nitrogens with two attached hydrogens (primary N) is 1. The van der Waals surface area contributed by atoms with Gasteiger partial charge in [0, 0.05) is 18.7 Å². The number of rotatable bonds is 4. The number of likely N-dealkylation sites (tertiary alicyclic amines) is 1. The molecule has 3 N–H and O–H groups in total. The van der Waals surface area contributed by atoms with E-state index in [1.54, 1.807) is 6.07 Å². The number of nitrogens with zero attached hydrogens (tertiary/aromatic N) is 1. The minimum absolute atomic E-state index is 0.0144. The van der Waals surface area contributed by atoms with Gasteiger partial charge in [-0.25, -0.2) is 0 Å². The molecule has 0 spiro atoms. The van der Waals surface area contributed by atoms with Gasteiger partial charge in [0.15, 0.2) is 0 Å². The van der Waals surface area contributed by atoms with Crippen molar-refractivity contribution >= 4 is 28.2 Å². The van der Waals surface area contributed by atoms with Gasteiger partial charge in [-0.15, -0.1) is 11.3 Å². The van der Waals surface area contributed by atoms with Crippen LogP contribution in [0.5, 0.6) is 0 Å². The smallest absolute Gasteiger partial charge is 0.256 e. The maximum absolute atomic E-state index is 12.9. The van der Waals surface area contributed by atoms with Gasteiger partial charge < -0.3 is 16.0 Å². The molecule has 1 aromatic carbocycles. The van der Waals surface area contributed by atoms with E-state index in [1.165, 1.54) is 22.5 Å². The largest absolute Gasteiger partial charge is 0.338 e. The van der Waals surface area contributed by atoms with Crippen LogP contribution in [0.3, 0.4) is 0 Å². The zero-order valence-electron chi connectivity index (χ0n) is 15.6. The molecule has 2 heterocycles. The zero-order chi connectivity index (χ0) is 19.0. The molecule has 1 aliphatic carbocycles. The van der Waals surface area contributed by atoms with Crippen LogP contribution < -0.4 is 11.1 Å². The average molecular weight is 384 g/mol. The highest BCUT2D eigenvalue weighted by atomic mass is 32.1. The molecule has 0 radical (unpaired) electrons. The molecule has 142 valence electrons. The molecule has 1 aromatic heterocycles. The van der Waals surface area contributed by atoms with E-state index in [0.29, 0.717) is 35.8 Å². The van der Waals surface area contributed by atoms with Crippen molar-refractivity contribution < 1.29 is 9.59 Å². The van der Waals surface area contributed by atoms with E-state index in [2.05, 4.69) is 18.3 Å². The van der Waals surface area contributed by atoms with Crippen LogP contribution in [-0.2, 0) is 12.8 Å². The van der Waals surface area contributed by atoms with Gasteiger partial charge in [-0.1, -0.05) is 13.0 Å². The number of anilines is 1. The molecule has 2 amide bonds. The Morgan fingerprint density at radius 1 is 1.26 bits per heavy atom. The van der Waals surface area contributed by atoms with Crippen molar-refractivity contribution in [3.8, 4) is 0 Å². The molecule has 1 aliphatic heterocycles. The minimum Gasteiger partial charge on any atom is -0.338 e. The van der Waals surface area contributed by atoms with Gasteiger partial charge in [-0.3, -0.25) is 9.59 Å². The Morgan fingerprint density at radius 3 is 2.85 bits per heavy atom. The standard InChI is InChI=1S/C21H25N3O2S/c1-21(12-22)8-9-24(13-21)20(26)17-7-10-27-19(17)23-18(25)16-6-5-14-3-2-4-15(14)11-16/h5-7,10-11H,2-4,8-9,12-13,22H2,1H3,(H,23,25). The van der Waals surface area contributed by atoms with E-state index in [0.717, 1.165) is 25.7 Å². The third kappa shape index (κ3) is 3.51. The van der Waals surface area contributed by atoms with Gasteiger partial charge in [0.25, 0.3) is 11.8 Å². The summed E-state index contributed by atoms with van der Waals surface area (Å²) in [5, 5.41) is 5.41. The second-order valence-electron chi connectivity index (χ2n) is 7.95. The molecule has 0 bridgehead atoms. The van der Waals surface area contributed by atoms with E-state index < -0.39 is 0 Å². The van der Waals surface area contributed by atoms with Crippen LogP contribution in [0.15, 0.2) is 29.6 Å². The summed E-state index contributed by atoms with van der Waals surface area (Å²) in [6.45, 7) is 4.06. The normalized spacial score (nSPS) is 21.3. The first kappa shape index (κ1) is 18.2. The molecule has 4 rings (SSSR count). The fourth-order valence-electron chi connectivity index (χ4n) is 4.00. The molecule has 27 heavy (non-hydrogen) atoms. The summed E-state index contributed by atoms with van der Waals surface area (Å²) in [6, 6.07) is 7.71. The summed E-state index contributed by atoms with van der Waals surface area (Å²) >= 11 is 1.39. The van der Waals surface area contributed by atoms with E-state index >= 15 is 0 Å². The van der Waals surface area contributed by atoms with Crippen molar-refractivity contribution in [2.45, 2.75) is 32.6 Å². The highest BCUT2D eigenvalue weighted by Gasteiger charge is 2.36. The van der Waals surface area contributed by atoms with Crippen LogP contribution in [0.2, 0.25) is 0 Å². The number of thiophene rings is 1. The molecule has 1 atom stereocenters. The Balaban J connectivity index is 1.49. The summed E-state index contributed by atoms with van der Waals surface area (Å²) in [5.74, 6) is -0.188. The number of nitrogens with one attached hydrogen (secondary N) is 1. The molecule has 1 unspecified atom stereocenters. The van der Waals surface area contributed by atoms with Gasteiger partial charge in [0.1, 0.15) is 5.00 Å². The molecular formula is C21H25N3O2S. The molecule has 1 saturated heterocycles. The Kier molecular flexibility index (Phi) is 4.78. The predicted molar refractivity (Wildman–Crippen MR) is 108 cm³/mol. The van der Waals surface area contributed by atoms with Crippen LogP contribution >= 0.6 is 11.3 Å². The Hall–Kier alpha value is -2.18. The quantitative estimate of drug-likeness (QED) is 0.851. The van der Waals surface area contributed by atoms with Crippen molar-refractivity contribution in [1.29, 1.82) is 0 Å². The van der Waals surface area contributed by atoms with E-state index in [1.807, 2.05) is 22.4 Å². The number of benzene rings is 1. The topological polar surface area (TPSA) is 75.4 Å². The second kappa shape index (κ2) is 7.09. The van der Waals surface area contributed by atoms with Crippen LogP contribution in [-0.4, -0.2) is 36.3 Å². The maximum atomic E-state index is 12.9.